The Hall–Kier alpha value is -1.83. The minimum Gasteiger partial charge on any atom is -0.350 e. The van der Waals surface area contributed by atoms with Crippen LogP contribution in [0, 0.1) is 0 Å². The van der Waals surface area contributed by atoms with Crippen LogP contribution in [-0.2, 0) is 21.2 Å². The zero-order valence-corrected chi connectivity index (χ0v) is 17.8. The Labute approximate surface area is 171 Å². The number of carbonyl (C=O) groups excluding carboxylic acids is 1. The first-order chi connectivity index (χ1) is 13.4. The lowest BCUT2D eigenvalue weighted by Gasteiger charge is -2.15. The molecule has 0 bridgehead atoms. The van der Waals surface area contributed by atoms with E-state index in [1.54, 1.807) is 36.0 Å². The van der Waals surface area contributed by atoms with E-state index in [-0.39, 0.29) is 22.9 Å². The van der Waals surface area contributed by atoms with Crippen molar-refractivity contribution >= 4 is 27.7 Å². The first-order valence-electron chi connectivity index (χ1n) is 9.42. The van der Waals surface area contributed by atoms with E-state index in [0.29, 0.717) is 12.8 Å². The Kier molecular flexibility index (Phi) is 6.80. The summed E-state index contributed by atoms with van der Waals surface area (Å²) in [5.74, 6) is -0.0199. The van der Waals surface area contributed by atoms with Crippen molar-refractivity contribution in [3.8, 4) is 0 Å². The van der Waals surface area contributed by atoms with Crippen molar-refractivity contribution in [1.29, 1.82) is 0 Å². The van der Waals surface area contributed by atoms with E-state index in [4.69, 9.17) is 0 Å². The molecule has 1 saturated carbocycles. The van der Waals surface area contributed by atoms with Crippen molar-refractivity contribution in [2.75, 3.05) is 6.26 Å². The first kappa shape index (κ1) is 20.9. The van der Waals surface area contributed by atoms with Crippen LogP contribution in [0.15, 0.2) is 58.3 Å². The summed E-state index contributed by atoms with van der Waals surface area (Å²) in [6.07, 6.45) is 4.78. The molecule has 28 heavy (non-hydrogen) atoms. The molecule has 0 heterocycles. The van der Waals surface area contributed by atoms with Crippen LogP contribution in [0.25, 0.3) is 0 Å². The average molecular weight is 419 g/mol. The molecular weight excluding hydrogens is 392 g/mol. The fourth-order valence-corrected chi connectivity index (χ4v) is 4.58. The molecule has 1 atom stereocenters. The van der Waals surface area contributed by atoms with E-state index in [2.05, 4.69) is 22.2 Å². The molecule has 7 heteroatoms. The molecule has 0 saturated heterocycles. The molecule has 0 radical (unpaired) electrons. The highest BCUT2D eigenvalue weighted by Crippen LogP contribution is 2.22. The topological polar surface area (TPSA) is 75.3 Å². The molecular formula is C21H26N2O3S2. The van der Waals surface area contributed by atoms with Gasteiger partial charge >= 0.3 is 0 Å². The molecule has 2 N–H and O–H groups in total. The number of thioether (sulfide) groups is 1. The van der Waals surface area contributed by atoms with Crippen LogP contribution in [0.3, 0.4) is 0 Å². The van der Waals surface area contributed by atoms with Crippen LogP contribution in [0.1, 0.15) is 43.4 Å². The molecule has 0 aliphatic heterocycles. The molecule has 2 aromatic carbocycles. The number of aryl methyl sites for hydroxylation is 1. The molecule has 1 fully saturated rings. The van der Waals surface area contributed by atoms with Crippen LogP contribution in [-0.4, -0.2) is 26.6 Å². The Morgan fingerprint density at radius 3 is 2.32 bits per heavy atom. The summed E-state index contributed by atoms with van der Waals surface area (Å²) in [5.41, 5.74) is 2.02. The van der Waals surface area contributed by atoms with Crippen molar-refractivity contribution in [3.05, 3.63) is 59.7 Å². The maximum atomic E-state index is 12.3. The number of amides is 1. The summed E-state index contributed by atoms with van der Waals surface area (Å²) in [6, 6.07) is 15.0. The lowest BCUT2D eigenvalue weighted by Crippen LogP contribution is -2.27. The van der Waals surface area contributed by atoms with Crippen LogP contribution < -0.4 is 10.0 Å². The van der Waals surface area contributed by atoms with Crippen LogP contribution in [0.5, 0.6) is 0 Å². The van der Waals surface area contributed by atoms with Crippen molar-refractivity contribution in [2.24, 2.45) is 0 Å². The van der Waals surface area contributed by atoms with Crippen molar-refractivity contribution in [3.63, 3.8) is 0 Å². The van der Waals surface area contributed by atoms with Gasteiger partial charge in [-0.15, -0.1) is 11.8 Å². The van der Waals surface area contributed by atoms with Crippen LogP contribution >= 0.6 is 11.8 Å². The summed E-state index contributed by atoms with van der Waals surface area (Å²) in [6.45, 7) is 1.97. The van der Waals surface area contributed by atoms with Gasteiger partial charge in [-0.1, -0.05) is 24.3 Å². The Morgan fingerprint density at radius 2 is 1.75 bits per heavy atom. The average Bonchev–Trinajstić information content (AvgIpc) is 3.50. The number of nitrogens with one attached hydrogen (secondary N) is 2. The van der Waals surface area contributed by atoms with E-state index in [1.807, 2.05) is 25.3 Å². The van der Waals surface area contributed by atoms with Gasteiger partial charge in [-0.2, -0.15) is 0 Å². The van der Waals surface area contributed by atoms with Gasteiger partial charge in [0.25, 0.3) is 0 Å². The maximum Gasteiger partial charge on any atom is 0.240 e. The Morgan fingerprint density at radius 1 is 1.11 bits per heavy atom. The highest BCUT2D eigenvalue weighted by molar-refractivity contribution is 7.98. The quantitative estimate of drug-likeness (QED) is 0.610. The predicted octanol–water partition coefficient (Wildman–Crippen LogP) is 3.66. The minimum atomic E-state index is -3.43. The lowest BCUT2D eigenvalue weighted by molar-refractivity contribution is -0.121. The van der Waals surface area contributed by atoms with E-state index in [0.717, 1.165) is 24.0 Å². The smallest absolute Gasteiger partial charge is 0.240 e. The van der Waals surface area contributed by atoms with Crippen molar-refractivity contribution in [1.82, 2.24) is 10.0 Å². The van der Waals surface area contributed by atoms with E-state index in [1.165, 1.54) is 4.90 Å². The van der Waals surface area contributed by atoms with E-state index >= 15 is 0 Å². The largest absolute Gasteiger partial charge is 0.350 e. The SMILES string of the molecule is CSc1ccc([C@@H](C)NC(=O)CCc2ccc(S(=O)(=O)NC3CC3)cc2)cc1. The molecule has 0 spiro atoms. The molecule has 3 rings (SSSR count). The van der Waals surface area contributed by atoms with Gasteiger partial charge in [0.05, 0.1) is 10.9 Å². The minimum absolute atomic E-state index is 0.0199. The lowest BCUT2D eigenvalue weighted by atomic mass is 10.1. The molecule has 150 valence electrons. The number of hydrogen-bond acceptors (Lipinski definition) is 4. The van der Waals surface area contributed by atoms with Gasteiger partial charge in [0, 0.05) is 17.4 Å². The predicted molar refractivity (Wildman–Crippen MR) is 113 cm³/mol. The van der Waals surface area contributed by atoms with Gasteiger partial charge < -0.3 is 5.32 Å². The molecule has 0 aromatic heterocycles. The second-order valence-corrected chi connectivity index (χ2v) is 9.70. The number of rotatable bonds is 9. The fraction of sp³-hybridized carbons (Fsp3) is 0.381. The summed E-state index contributed by atoms with van der Waals surface area (Å²) < 4.78 is 27.0. The second kappa shape index (κ2) is 9.11. The van der Waals surface area contributed by atoms with Crippen LogP contribution in [0.2, 0.25) is 0 Å². The zero-order valence-electron chi connectivity index (χ0n) is 16.1. The van der Waals surface area contributed by atoms with Gasteiger partial charge in [-0.25, -0.2) is 13.1 Å². The molecule has 1 amide bonds. The van der Waals surface area contributed by atoms with E-state index < -0.39 is 10.0 Å². The van der Waals surface area contributed by atoms with Gasteiger partial charge in [-0.05, 0) is 67.8 Å². The fourth-order valence-electron chi connectivity index (χ4n) is 2.87. The Bertz CT molecular complexity index is 906. The normalized spacial score (nSPS) is 15.2. The number of hydrogen-bond donors (Lipinski definition) is 2. The highest BCUT2D eigenvalue weighted by Gasteiger charge is 2.27. The molecule has 2 aromatic rings. The number of carbonyl (C=O) groups is 1. The van der Waals surface area contributed by atoms with Crippen LogP contribution in [0.4, 0.5) is 0 Å². The summed E-state index contributed by atoms with van der Waals surface area (Å²) in [4.78, 5) is 13.7. The number of benzene rings is 2. The molecule has 1 aliphatic rings. The molecule has 5 nitrogen and oxygen atoms in total. The second-order valence-electron chi connectivity index (χ2n) is 7.10. The highest BCUT2D eigenvalue weighted by atomic mass is 32.2. The van der Waals surface area contributed by atoms with Gasteiger partial charge in [0.1, 0.15) is 0 Å². The van der Waals surface area contributed by atoms with Gasteiger partial charge in [0.2, 0.25) is 15.9 Å². The number of sulfonamides is 1. The van der Waals surface area contributed by atoms with Gasteiger partial charge in [-0.3, -0.25) is 4.79 Å². The Balaban J connectivity index is 1.49. The van der Waals surface area contributed by atoms with Crippen molar-refractivity contribution in [2.45, 2.75) is 54.5 Å². The van der Waals surface area contributed by atoms with Gasteiger partial charge in [0.15, 0.2) is 0 Å². The third-order valence-electron chi connectivity index (χ3n) is 4.77. The maximum absolute atomic E-state index is 12.3. The summed E-state index contributed by atoms with van der Waals surface area (Å²) in [5, 5.41) is 3.02. The standard InChI is InChI=1S/C21H26N2O3S2/c1-15(17-6-10-19(27-2)11-7-17)22-21(24)14-5-16-3-12-20(13-4-16)28(25,26)23-18-8-9-18/h3-4,6-7,10-13,15,18,23H,5,8-9,14H2,1-2H3,(H,22,24)/t15-/m1/s1. The zero-order chi connectivity index (χ0) is 20.1. The first-order valence-corrected chi connectivity index (χ1v) is 12.1. The van der Waals surface area contributed by atoms with E-state index in [9.17, 15) is 13.2 Å². The molecule has 0 unspecified atom stereocenters. The third kappa shape index (κ3) is 5.83. The third-order valence-corrected chi connectivity index (χ3v) is 7.05. The summed E-state index contributed by atoms with van der Waals surface area (Å²) in [7, 11) is -3.43. The molecule has 1 aliphatic carbocycles. The summed E-state index contributed by atoms with van der Waals surface area (Å²) >= 11 is 1.69. The monoisotopic (exact) mass is 418 g/mol. The van der Waals surface area contributed by atoms with Crippen molar-refractivity contribution < 1.29 is 13.2 Å².